The molecule has 27 heavy (non-hydrogen) atoms. The van der Waals surface area contributed by atoms with Gasteiger partial charge in [-0.05, 0) is 13.3 Å². The van der Waals surface area contributed by atoms with Gasteiger partial charge >= 0.3 is 0 Å². The number of rotatable bonds is 16. The first-order valence-corrected chi connectivity index (χ1v) is 11.4. The largest absolute Gasteiger partial charge is 0.394 e. The van der Waals surface area contributed by atoms with Gasteiger partial charge in [0.05, 0.1) is 12.7 Å². The summed E-state index contributed by atoms with van der Waals surface area (Å²) in [4.78, 5) is 0. The molecule has 0 saturated heterocycles. The summed E-state index contributed by atoms with van der Waals surface area (Å²) in [6.45, 7) is 4.86. The average molecular weight is 381 g/mol. The van der Waals surface area contributed by atoms with Gasteiger partial charge in [-0.25, -0.2) is 4.57 Å². The lowest BCUT2D eigenvalue weighted by atomic mass is 10.0. The summed E-state index contributed by atoms with van der Waals surface area (Å²) in [6.07, 6.45) is 23.9. The second-order valence-electron chi connectivity index (χ2n) is 7.74. The van der Waals surface area contributed by atoms with Crippen molar-refractivity contribution in [1.82, 2.24) is 0 Å². The number of aliphatic hydroxyl groups is 2. The summed E-state index contributed by atoms with van der Waals surface area (Å²) in [5, 5.41) is 16.0. The molecule has 0 aliphatic carbocycles. The van der Waals surface area contributed by atoms with E-state index in [2.05, 4.69) is 42.1 Å². The Morgan fingerprint density at radius 2 is 1.04 bits per heavy atom. The second kappa shape index (κ2) is 21.4. The van der Waals surface area contributed by atoms with E-state index in [1.54, 1.807) is 0 Å². The number of hydrogen-bond acceptors (Lipinski definition) is 2. The van der Waals surface area contributed by atoms with Crippen LogP contribution in [0.15, 0.2) is 30.6 Å². The maximum atomic E-state index is 8.11. The number of nitrogens with zero attached hydrogens (tertiary/aromatic N) is 1. The van der Waals surface area contributed by atoms with Crippen LogP contribution in [0.3, 0.4) is 0 Å². The number of hydrogen-bond donors (Lipinski definition) is 2. The normalized spacial score (nSPS) is 11.7. The number of pyridine rings is 1. The molecule has 1 aromatic heterocycles. The minimum absolute atomic E-state index is 0.139. The Labute approximate surface area is 168 Å². The van der Waals surface area contributed by atoms with E-state index in [4.69, 9.17) is 10.2 Å². The predicted octanol–water partition coefficient (Wildman–Crippen LogP) is 5.81. The number of aryl methyl sites for hydroxylation is 1. The first-order valence-electron chi connectivity index (χ1n) is 11.4. The Kier molecular flexibility index (Phi) is 20.6. The zero-order valence-electron chi connectivity index (χ0n) is 18.1. The Bertz CT molecular complexity index is 381. The zero-order chi connectivity index (χ0) is 20.0. The van der Waals surface area contributed by atoms with Crippen LogP contribution in [0.4, 0.5) is 0 Å². The van der Waals surface area contributed by atoms with Crippen LogP contribution in [0.1, 0.15) is 104 Å². The summed E-state index contributed by atoms with van der Waals surface area (Å²) in [6, 6.07) is 6.31. The van der Waals surface area contributed by atoms with E-state index in [9.17, 15) is 0 Å². The molecule has 0 amide bonds. The first-order chi connectivity index (χ1) is 13.2. The molecule has 1 heterocycles. The SMILES string of the molecule is CC(O)CO.CCCCCCCCCCCCCCCC[n+]1ccccc1. The molecule has 3 nitrogen and oxygen atoms in total. The molecule has 2 N–H and O–H groups in total. The molecule has 0 fully saturated rings. The van der Waals surface area contributed by atoms with E-state index in [1.165, 1.54) is 103 Å². The van der Waals surface area contributed by atoms with E-state index >= 15 is 0 Å². The van der Waals surface area contributed by atoms with Gasteiger partial charge in [-0.2, -0.15) is 0 Å². The third-order valence-corrected chi connectivity index (χ3v) is 4.81. The van der Waals surface area contributed by atoms with Gasteiger partial charge in [-0.3, -0.25) is 0 Å². The van der Waals surface area contributed by atoms with Gasteiger partial charge in [-0.15, -0.1) is 0 Å². The molecule has 158 valence electrons. The highest BCUT2D eigenvalue weighted by molar-refractivity contribution is 4.83. The number of unbranched alkanes of at least 4 members (excludes halogenated alkanes) is 13. The van der Waals surface area contributed by atoms with E-state index in [-0.39, 0.29) is 6.61 Å². The molecular weight excluding hydrogens is 334 g/mol. The quantitative estimate of drug-likeness (QED) is 0.280. The molecule has 0 aromatic carbocycles. The van der Waals surface area contributed by atoms with Gasteiger partial charge in [0.15, 0.2) is 12.4 Å². The third kappa shape index (κ3) is 21.2. The predicted molar refractivity (Wildman–Crippen MR) is 116 cm³/mol. The van der Waals surface area contributed by atoms with Crippen molar-refractivity contribution in [2.45, 2.75) is 116 Å². The van der Waals surface area contributed by atoms with Crippen LogP contribution in [0.5, 0.6) is 0 Å². The molecule has 1 unspecified atom stereocenters. The van der Waals surface area contributed by atoms with Crippen LogP contribution >= 0.6 is 0 Å². The highest BCUT2D eigenvalue weighted by Gasteiger charge is 1.98. The second-order valence-corrected chi connectivity index (χ2v) is 7.74. The summed E-state index contributed by atoms with van der Waals surface area (Å²) < 4.78 is 2.29. The Hall–Kier alpha value is -0.930. The summed E-state index contributed by atoms with van der Waals surface area (Å²) in [5.74, 6) is 0. The van der Waals surface area contributed by atoms with Crippen molar-refractivity contribution < 1.29 is 14.8 Å². The van der Waals surface area contributed by atoms with Crippen molar-refractivity contribution in [2.75, 3.05) is 6.61 Å². The zero-order valence-corrected chi connectivity index (χ0v) is 18.1. The van der Waals surface area contributed by atoms with Crippen LogP contribution < -0.4 is 4.57 Å². The number of aromatic nitrogens is 1. The van der Waals surface area contributed by atoms with Crippen molar-refractivity contribution in [3.05, 3.63) is 30.6 Å². The van der Waals surface area contributed by atoms with Gasteiger partial charge in [0.25, 0.3) is 0 Å². The van der Waals surface area contributed by atoms with Crippen molar-refractivity contribution in [1.29, 1.82) is 0 Å². The highest BCUT2D eigenvalue weighted by atomic mass is 16.3. The van der Waals surface area contributed by atoms with Gasteiger partial charge in [0.2, 0.25) is 0 Å². The lowest BCUT2D eigenvalue weighted by Crippen LogP contribution is -2.32. The maximum Gasteiger partial charge on any atom is 0.168 e. The van der Waals surface area contributed by atoms with E-state index in [1.807, 2.05) is 0 Å². The standard InChI is InChI=1S/C21H38N.C3H8O2/c1-2-3-4-5-6-7-8-9-10-11-12-13-14-16-19-22-20-17-15-18-21-22;1-3(5)2-4/h15,17-18,20-21H,2-14,16,19H2,1H3;3-5H,2H2,1H3/q+1;. The van der Waals surface area contributed by atoms with Crippen LogP contribution in [-0.4, -0.2) is 22.9 Å². The fourth-order valence-corrected chi connectivity index (χ4v) is 3.07. The highest BCUT2D eigenvalue weighted by Crippen LogP contribution is 2.12. The Morgan fingerprint density at radius 1 is 0.667 bits per heavy atom. The van der Waals surface area contributed by atoms with Crippen molar-refractivity contribution in [3.8, 4) is 0 Å². The molecule has 1 aromatic rings. The molecule has 0 aliphatic heterocycles. The van der Waals surface area contributed by atoms with E-state index in [0.717, 1.165) is 0 Å². The maximum absolute atomic E-state index is 8.11. The summed E-state index contributed by atoms with van der Waals surface area (Å²) in [5.41, 5.74) is 0. The van der Waals surface area contributed by atoms with Gasteiger partial charge in [0.1, 0.15) is 6.54 Å². The molecule has 1 rings (SSSR count). The lowest BCUT2D eigenvalue weighted by Gasteiger charge is -2.02. The van der Waals surface area contributed by atoms with Crippen LogP contribution in [0, 0.1) is 0 Å². The van der Waals surface area contributed by atoms with Crippen LogP contribution in [0.25, 0.3) is 0 Å². The molecular formula is C24H46NO2+. The smallest absolute Gasteiger partial charge is 0.168 e. The molecule has 1 atom stereocenters. The number of aliphatic hydroxyl groups excluding tert-OH is 2. The van der Waals surface area contributed by atoms with Crippen molar-refractivity contribution >= 4 is 0 Å². The Balaban J connectivity index is 0.00000119. The van der Waals surface area contributed by atoms with Crippen molar-refractivity contribution in [2.24, 2.45) is 0 Å². The molecule has 0 saturated carbocycles. The van der Waals surface area contributed by atoms with Gasteiger partial charge in [-0.1, -0.05) is 90.0 Å². The fourth-order valence-electron chi connectivity index (χ4n) is 3.07. The molecule has 0 spiro atoms. The van der Waals surface area contributed by atoms with E-state index in [0.29, 0.717) is 0 Å². The van der Waals surface area contributed by atoms with E-state index < -0.39 is 6.10 Å². The van der Waals surface area contributed by atoms with Crippen LogP contribution in [-0.2, 0) is 6.54 Å². The summed E-state index contributed by atoms with van der Waals surface area (Å²) in [7, 11) is 0. The average Bonchev–Trinajstić information content (AvgIpc) is 2.69. The third-order valence-electron chi connectivity index (χ3n) is 4.81. The van der Waals surface area contributed by atoms with Gasteiger partial charge in [0, 0.05) is 18.6 Å². The molecule has 3 heteroatoms. The minimum Gasteiger partial charge on any atom is -0.394 e. The topological polar surface area (TPSA) is 44.3 Å². The monoisotopic (exact) mass is 380 g/mol. The lowest BCUT2D eigenvalue weighted by molar-refractivity contribution is -0.697. The molecule has 0 bridgehead atoms. The fraction of sp³-hybridized carbons (Fsp3) is 0.792. The first kappa shape index (κ1) is 26.1. The molecule has 0 aliphatic rings. The Morgan fingerprint density at radius 3 is 1.41 bits per heavy atom. The summed E-state index contributed by atoms with van der Waals surface area (Å²) >= 11 is 0. The van der Waals surface area contributed by atoms with Crippen molar-refractivity contribution in [3.63, 3.8) is 0 Å². The molecule has 0 radical (unpaired) electrons. The van der Waals surface area contributed by atoms with Gasteiger partial charge < -0.3 is 10.2 Å². The van der Waals surface area contributed by atoms with Crippen LogP contribution in [0.2, 0.25) is 0 Å². The minimum atomic E-state index is -0.560.